The van der Waals surface area contributed by atoms with Gasteiger partial charge in [0.15, 0.2) is 0 Å². The summed E-state index contributed by atoms with van der Waals surface area (Å²) in [5, 5.41) is 3.93. The molecule has 0 unspecified atom stereocenters. The van der Waals surface area contributed by atoms with Crippen molar-refractivity contribution in [3.8, 4) is 0 Å². The third-order valence-electron chi connectivity index (χ3n) is 4.97. The molecular weight excluding hydrogens is 334 g/mol. The zero-order valence-corrected chi connectivity index (χ0v) is 15.1. The Morgan fingerprint density at radius 3 is 2.44 bits per heavy atom. The average Bonchev–Trinajstić information content (AvgIpc) is 2.67. The summed E-state index contributed by atoms with van der Waals surface area (Å²) in [7, 11) is 0. The standard InChI is InChI=1S/C21H24ClNO2/c22-19-11-5-4-7-17(19)8-6-14-23-20(24)21(12-15-25-16-13-21)18-9-2-1-3-10-18/h1-5,7,9-11H,6,8,12-16H2,(H,23,24). The molecule has 3 rings (SSSR count). The fourth-order valence-corrected chi connectivity index (χ4v) is 3.71. The molecule has 0 aliphatic carbocycles. The van der Waals surface area contributed by atoms with E-state index in [1.807, 2.05) is 42.5 Å². The number of benzene rings is 2. The monoisotopic (exact) mass is 357 g/mol. The highest BCUT2D eigenvalue weighted by atomic mass is 35.5. The van der Waals surface area contributed by atoms with Gasteiger partial charge in [-0.05, 0) is 42.9 Å². The van der Waals surface area contributed by atoms with Crippen LogP contribution < -0.4 is 5.32 Å². The molecule has 0 bridgehead atoms. The van der Waals surface area contributed by atoms with Crippen LogP contribution >= 0.6 is 11.6 Å². The van der Waals surface area contributed by atoms with Gasteiger partial charge in [-0.2, -0.15) is 0 Å². The van der Waals surface area contributed by atoms with Gasteiger partial charge in [-0.1, -0.05) is 60.1 Å². The van der Waals surface area contributed by atoms with Crippen LogP contribution in [0.15, 0.2) is 54.6 Å². The Bertz CT molecular complexity index is 696. The van der Waals surface area contributed by atoms with Crippen LogP contribution in [0.1, 0.15) is 30.4 Å². The number of hydrogen-bond donors (Lipinski definition) is 1. The van der Waals surface area contributed by atoms with Crippen molar-refractivity contribution in [2.45, 2.75) is 31.1 Å². The lowest BCUT2D eigenvalue weighted by molar-refractivity contribution is -0.130. The number of carbonyl (C=O) groups is 1. The molecule has 0 spiro atoms. The summed E-state index contributed by atoms with van der Waals surface area (Å²) in [6.07, 6.45) is 3.19. The minimum absolute atomic E-state index is 0.112. The molecule has 4 heteroatoms. The Morgan fingerprint density at radius 2 is 1.72 bits per heavy atom. The van der Waals surface area contributed by atoms with Crippen molar-refractivity contribution >= 4 is 17.5 Å². The summed E-state index contributed by atoms with van der Waals surface area (Å²) in [4.78, 5) is 13.0. The first-order valence-electron chi connectivity index (χ1n) is 8.87. The van der Waals surface area contributed by atoms with Gasteiger partial charge in [-0.25, -0.2) is 0 Å². The van der Waals surface area contributed by atoms with Gasteiger partial charge < -0.3 is 10.1 Å². The molecule has 0 radical (unpaired) electrons. The molecule has 1 aliphatic rings. The Balaban J connectivity index is 1.61. The van der Waals surface area contributed by atoms with E-state index >= 15 is 0 Å². The van der Waals surface area contributed by atoms with Gasteiger partial charge in [0.25, 0.3) is 0 Å². The predicted octanol–water partition coefficient (Wildman–Crippen LogP) is 4.14. The minimum atomic E-state index is -0.468. The summed E-state index contributed by atoms with van der Waals surface area (Å²) in [5.74, 6) is 0.112. The molecule has 1 N–H and O–H groups in total. The van der Waals surface area contributed by atoms with Crippen molar-refractivity contribution in [3.05, 3.63) is 70.7 Å². The van der Waals surface area contributed by atoms with E-state index in [-0.39, 0.29) is 5.91 Å². The van der Waals surface area contributed by atoms with Gasteiger partial charge in [-0.15, -0.1) is 0 Å². The average molecular weight is 358 g/mol. The van der Waals surface area contributed by atoms with Crippen LogP contribution in [0.4, 0.5) is 0 Å². The zero-order chi connectivity index (χ0) is 17.5. The molecule has 0 aromatic heterocycles. The molecule has 132 valence electrons. The molecule has 2 aromatic carbocycles. The van der Waals surface area contributed by atoms with Crippen molar-refractivity contribution < 1.29 is 9.53 Å². The van der Waals surface area contributed by atoms with Gasteiger partial charge in [0.1, 0.15) is 0 Å². The summed E-state index contributed by atoms with van der Waals surface area (Å²) in [5.41, 5.74) is 1.74. The van der Waals surface area contributed by atoms with Crippen LogP contribution in [-0.4, -0.2) is 25.7 Å². The van der Waals surface area contributed by atoms with Gasteiger partial charge in [-0.3, -0.25) is 4.79 Å². The maximum absolute atomic E-state index is 13.0. The fraction of sp³-hybridized carbons (Fsp3) is 0.381. The van der Waals surface area contributed by atoms with Crippen molar-refractivity contribution in [2.24, 2.45) is 0 Å². The van der Waals surface area contributed by atoms with Crippen LogP contribution in [0.2, 0.25) is 5.02 Å². The summed E-state index contributed by atoms with van der Waals surface area (Å²) in [6.45, 7) is 1.91. The number of nitrogens with one attached hydrogen (secondary N) is 1. The molecule has 1 saturated heterocycles. The summed E-state index contributed by atoms with van der Waals surface area (Å²) >= 11 is 6.19. The Kier molecular flexibility index (Phi) is 6.11. The molecule has 3 nitrogen and oxygen atoms in total. The molecule has 1 aliphatic heterocycles. The van der Waals surface area contributed by atoms with Crippen molar-refractivity contribution in [1.82, 2.24) is 5.32 Å². The van der Waals surface area contributed by atoms with Gasteiger partial charge >= 0.3 is 0 Å². The van der Waals surface area contributed by atoms with E-state index in [1.54, 1.807) is 0 Å². The summed E-state index contributed by atoms with van der Waals surface area (Å²) in [6, 6.07) is 17.9. The molecule has 25 heavy (non-hydrogen) atoms. The molecule has 0 saturated carbocycles. The van der Waals surface area contributed by atoms with Crippen molar-refractivity contribution in [3.63, 3.8) is 0 Å². The van der Waals surface area contributed by atoms with Gasteiger partial charge in [0.05, 0.1) is 5.41 Å². The van der Waals surface area contributed by atoms with Crippen LogP contribution in [0, 0.1) is 0 Å². The topological polar surface area (TPSA) is 38.3 Å². The Hall–Kier alpha value is -1.84. The normalized spacial score (nSPS) is 16.4. The Morgan fingerprint density at radius 1 is 1.04 bits per heavy atom. The SMILES string of the molecule is O=C(NCCCc1ccccc1Cl)C1(c2ccccc2)CCOCC1. The maximum Gasteiger partial charge on any atom is 0.230 e. The van der Waals surface area contributed by atoms with E-state index in [2.05, 4.69) is 17.4 Å². The number of hydrogen-bond acceptors (Lipinski definition) is 2. The number of halogens is 1. The van der Waals surface area contributed by atoms with Crippen molar-refractivity contribution in [1.29, 1.82) is 0 Å². The maximum atomic E-state index is 13.0. The van der Waals surface area contributed by atoms with E-state index in [9.17, 15) is 4.79 Å². The lowest BCUT2D eigenvalue weighted by atomic mass is 9.73. The largest absolute Gasteiger partial charge is 0.381 e. The van der Waals surface area contributed by atoms with E-state index in [4.69, 9.17) is 16.3 Å². The van der Waals surface area contributed by atoms with E-state index < -0.39 is 5.41 Å². The molecular formula is C21H24ClNO2. The van der Waals surface area contributed by atoms with Crippen LogP contribution in [0.5, 0.6) is 0 Å². The highest BCUT2D eigenvalue weighted by Gasteiger charge is 2.41. The van der Waals surface area contributed by atoms with Crippen molar-refractivity contribution in [2.75, 3.05) is 19.8 Å². The number of aryl methyl sites for hydroxylation is 1. The second-order valence-electron chi connectivity index (χ2n) is 6.51. The predicted molar refractivity (Wildman–Crippen MR) is 101 cm³/mol. The first-order valence-corrected chi connectivity index (χ1v) is 9.25. The van der Waals surface area contributed by atoms with Gasteiger partial charge in [0.2, 0.25) is 5.91 Å². The van der Waals surface area contributed by atoms with Gasteiger partial charge in [0, 0.05) is 24.8 Å². The number of amides is 1. The molecule has 0 atom stereocenters. The zero-order valence-electron chi connectivity index (χ0n) is 14.3. The minimum Gasteiger partial charge on any atom is -0.381 e. The molecule has 1 heterocycles. The first kappa shape index (κ1) is 18.0. The Labute approximate surface area is 154 Å². The second-order valence-corrected chi connectivity index (χ2v) is 6.92. The second kappa shape index (κ2) is 8.50. The summed E-state index contributed by atoms with van der Waals surface area (Å²) < 4.78 is 5.50. The molecule has 1 amide bonds. The van der Waals surface area contributed by atoms with E-state index in [0.717, 1.165) is 41.8 Å². The molecule has 2 aromatic rings. The number of carbonyl (C=O) groups excluding carboxylic acids is 1. The number of rotatable bonds is 6. The number of ether oxygens (including phenoxy) is 1. The lowest BCUT2D eigenvalue weighted by Crippen LogP contribution is -2.48. The smallest absolute Gasteiger partial charge is 0.230 e. The lowest BCUT2D eigenvalue weighted by Gasteiger charge is -2.36. The third kappa shape index (κ3) is 4.23. The van der Waals surface area contributed by atoms with E-state index in [1.165, 1.54) is 0 Å². The molecule has 1 fully saturated rings. The van der Waals surface area contributed by atoms with Crippen LogP contribution in [-0.2, 0) is 21.4 Å². The van der Waals surface area contributed by atoms with E-state index in [0.29, 0.717) is 19.8 Å². The fourth-order valence-electron chi connectivity index (χ4n) is 3.47. The van der Waals surface area contributed by atoms with Crippen LogP contribution in [0.25, 0.3) is 0 Å². The van der Waals surface area contributed by atoms with Crippen LogP contribution in [0.3, 0.4) is 0 Å². The highest BCUT2D eigenvalue weighted by molar-refractivity contribution is 6.31. The third-order valence-corrected chi connectivity index (χ3v) is 5.34. The first-order chi connectivity index (χ1) is 12.2. The quantitative estimate of drug-likeness (QED) is 0.789. The highest BCUT2D eigenvalue weighted by Crippen LogP contribution is 2.35.